The number of halogens is 3. The van der Waals surface area contributed by atoms with E-state index in [0.717, 1.165) is 0 Å². The first-order chi connectivity index (χ1) is 6.02. The van der Waals surface area contributed by atoms with Crippen LogP contribution in [0.2, 0.25) is 0 Å². The number of aromatic nitrogens is 1. The number of pyridine rings is 1. The fourth-order valence-corrected chi connectivity index (χ4v) is 0.703. The van der Waals surface area contributed by atoms with Gasteiger partial charge in [-0.15, -0.1) is 0 Å². The van der Waals surface area contributed by atoms with Gasteiger partial charge in [0.15, 0.2) is 0 Å². The maximum atomic E-state index is 12.5. The Balaban J connectivity index is 3.19. The van der Waals surface area contributed by atoms with E-state index in [9.17, 15) is 23.3 Å². The highest BCUT2D eigenvalue weighted by atomic mass is 19.3. The van der Waals surface area contributed by atoms with Gasteiger partial charge in [-0.1, -0.05) is 0 Å². The molecular formula is C6H3F3N2O2. The van der Waals surface area contributed by atoms with Crippen LogP contribution in [0.5, 0.6) is 0 Å². The van der Waals surface area contributed by atoms with Crippen molar-refractivity contribution in [2.24, 2.45) is 0 Å². The normalized spacial score (nSPS) is 10.5. The van der Waals surface area contributed by atoms with Gasteiger partial charge in [-0.2, -0.15) is 4.39 Å². The molecule has 0 fully saturated rings. The van der Waals surface area contributed by atoms with Crippen molar-refractivity contribution in [1.82, 2.24) is 4.98 Å². The van der Waals surface area contributed by atoms with Crippen LogP contribution in [0, 0.1) is 15.9 Å². The molecule has 0 radical (unpaired) electrons. The van der Waals surface area contributed by atoms with E-state index in [1.165, 1.54) is 0 Å². The van der Waals surface area contributed by atoms with Crippen LogP contribution in [-0.2, 0) is 0 Å². The van der Waals surface area contributed by atoms with Gasteiger partial charge in [0.1, 0.15) is 5.69 Å². The van der Waals surface area contributed by atoms with E-state index in [1.54, 1.807) is 0 Å². The van der Waals surface area contributed by atoms with Crippen LogP contribution in [0.1, 0.15) is 12.1 Å². The van der Waals surface area contributed by atoms with Crippen molar-refractivity contribution in [3.8, 4) is 0 Å². The van der Waals surface area contributed by atoms with Gasteiger partial charge in [-0.25, -0.2) is 8.78 Å². The monoisotopic (exact) mass is 192 g/mol. The Labute approximate surface area is 70.2 Å². The van der Waals surface area contributed by atoms with Gasteiger partial charge in [-0.05, 0) is 0 Å². The lowest BCUT2D eigenvalue weighted by Crippen LogP contribution is -1.97. The van der Waals surface area contributed by atoms with Crippen LogP contribution in [0.4, 0.5) is 18.9 Å². The maximum Gasteiger partial charge on any atom is 0.308 e. The van der Waals surface area contributed by atoms with Crippen molar-refractivity contribution >= 4 is 5.69 Å². The molecule has 7 heteroatoms. The number of nitrogens with zero attached hydrogens (tertiary/aromatic N) is 2. The Morgan fingerprint density at radius 2 is 2.15 bits per heavy atom. The summed E-state index contributed by atoms with van der Waals surface area (Å²) in [6.07, 6.45) is -2.54. The van der Waals surface area contributed by atoms with Gasteiger partial charge < -0.3 is 0 Å². The second kappa shape index (κ2) is 3.38. The minimum Gasteiger partial charge on any atom is -0.258 e. The Morgan fingerprint density at radius 1 is 1.54 bits per heavy atom. The number of nitro groups is 1. The minimum absolute atomic E-state index is 0.402. The number of rotatable bonds is 2. The van der Waals surface area contributed by atoms with Crippen molar-refractivity contribution in [3.63, 3.8) is 0 Å². The van der Waals surface area contributed by atoms with E-state index in [2.05, 4.69) is 4.98 Å². The SMILES string of the molecule is O=[N+]([O-])c1cc(C(F)F)ncc1F. The third-order valence-corrected chi connectivity index (χ3v) is 1.28. The van der Waals surface area contributed by atoms with E-state index in [1.807, 2.05) is 0 Å². The van der Waals surface area contributed by atoms with Crippen molar-refractivity contribution in [2.75, 3.05) is 0 Å². The van der Waals surface area contributed by atoms with Crippen molar-refractivity contribution in [3.05, 3.63) is 33.9 Å². The Bertz CT molecular complexity index is 343. The van der Waals surface area contributed by atoms with Crippen LogP contribution in [0.3, 0.4) is 0 Å². The maximum absolute atomic E-state index is 12.5. The quantitative estimate of drug-likeness (QED) is 0.532. The summed E-state index contributed by atoms with van der Waals surface area (Å²) in [5.74, 6) is -1.23. The van der Waals surface area contributed by atoms with Gasteiger partial charge >= 0.3 is 5.69 Å². The van der Waals surface area contributed by atoms with Gasteiger partial charge in [0.25, 0.3) is 6.43 Å². The highest BCUT2D eigenvalue weighted by Gasteiger charge is 2.19. The molecular weight excluding hydrogens is 189 g/mol. The Morgan fingerprint density at radius 3 is 2.62 bits per heavy atom. The average Bonchev–Trinajstić information content (AvgIpc) is 2.04. The topological polar surface area (TPSA) is 56.0 Å². The zero-order chi connectivity index (χ0) is 10.0. The second-order valence-corrected chi connectivity index (χ2v) is 2.12. The first-order valence-electron chi connectivity index (χ1n) is 3.10. The molecule has 0 N–H and O–H groups in total. The van der Waals surface area contributed by atoms with Gasteiger partial charge in [0, 0.05) is 6.07 Å². The molecule has 0 saturated carbocycles. The molecule has 0 spiro atoms. The number of alkyl halides is 2. The fourth-order valence-electron chi connectivity index (χ4n) is 0.703. The smallest absolute Gasteiger partial charge is 0.258 e. The Kier molecular flexibility index (Phi) is 2.45. The highest BCUT2D eigenvalue weighted by molar-refractivity contribution is 5.32. The number of hydrogen-bond acceptors (Lipinski definition) is 3. The van der Waals surface area contributed by atoms with Crippen LogP contribution < -0.4 is 0 Å². The lowest BCUT2D eigenvalue weighted by Gasteiger charge is -1.98. The molecule has 0 aromatic carbocycles. The largest absolute Gasteiger partial charge is 0.308 e. The molecule has 0 amide bonds. The van der Waals surface area contributed by atoms with E-state index < -0.39 is 28.5 Å². The zero-order valence-corrected chi connectivity index (χ0v) is 6.08. The summed E-state index contributed by atoms with van der Waals surface area (Å²) in [4.78, 5) is 12.0. The molecule has 13 heavy (non-hydrogen) atoms. The molecule has 1 heterocycles. The summed E-state index contributed by atoms with van der Waals surface area (Å²) < 4.78 is 36.4. The third-order valence-electron chi connectivity index (χ3n) is 1.28. The molecule has 1 aromatic heterocycles. The minimum atomic E-state index is -2.95. The standard InChI is InChI=1S/C6H3F3N2O2/c7-3-2-10-4(6(8)9)1-5(3)11(12)13/h1-2,6H. The van der Waals surface area contributed by atoms with Crippen LogP contribution in [-0.4, -0.2) is 9.91 Å². The average molecular weight is 192 g/mol. The highest BCUT2D eigenvalue weighted by Crippen LogP contribution is 2.22. The van der Waals surface area contributed by atoms with Crippen molar-refractivity contribution in [2.45, 2.75) is 6.43 Å². The molecule has 0 bridgehead atoms. The van der Waals surface area contributed by atoms with Gasteiger partial charge in [-0.3, -0.25) is 15.1 Å². The van der Waals surface area contributed by atoms with E-state index in [4.69, 9.17) is 0 Å². The fraction of sp³-hybridized carbons (Fsp3) is 0.167. The molecule has 70 valence electrons. The predicted octanol–water partition coefficient (Wildman–Crippen LogP) is 2.07. The second-order valence-electron chi connectivity index (χ2n) is 2.12. The van der Waals surface area contributed by atoms with Crippen molar-refractivity contribution in [1.29, 1.82) is 0 Å². The first-order valence-corrected chi connectivity index (χ1v) is 3.10. The molecule has 4 nitrogen and oxygen atoms in total. The van der Waals surface area contributed by atoms with Crippen LogP contribution in [0.25, 0.3) is 0 Å². The zero-order valence-electron chi connectivity index (χ0n) is 6.08. The lowest BCUT2D eigenvalue weighted by atomic mass is 10.3. The summed E-state index contributed by atoms with van der Waals surface area (Å²) in [5.41, 5.74) is -1.81. The summed E-state index contributed by atoms with van der Waals surface area (Å²) in [5, 5.41) is 10.1. The van der Waals surface area contributed by atoms with Crippen LogP contribution in [0.15, 0.2) is 12.3 Å². The third kappa shape index (κ3) is 1.92. The Hall–Kier alpha value is -1.66. The summed E-state index contributed by atoms with van der Waals surface area (Å²) in [7, 11) is 0. The molecule has 0 aliphatic rings. The molecule has 0 unspecified atom stereocenters. The number of hydrogen-bond donors (Lipinski definition) is 0. The van der Waals surface area contributed by atoms with Crippen LogP contribution >= 0.6 is 0 Å². The summed E-state index contributed by atoms with van der Waals surface area (Å²) in [6, 6.07) is 0.417. The molecule has 0 saturated heterocycles. The van der Waals surface area contributed by atoms with Crippen molar-refractivity contribution < 1.29 is 18.1 Å². The van der Waals surface area contributed by atoms with Gasteiger partial charge in [0.05, 0.1) is 11.1 Å². The molecule has 0 aliphatic carbocycles. The summed E-state index contributed by atoms with van der Waals surface area (Å²) in [6.45, 7) is 0. The first kappa shape index (κ1) is 9.43. The lowest BCUT2D eigenvalue weighted by molar-refractivity contribution is -0.387. The molecule has 1 aromatic rings. The van der Waals surface area contributed by atoms with Gasteiger partial charge in [0.2, 0.25) is 5.82 Å². The van der Waals surface area contributed by atoms with E-state index >= 15 is 0 Å². The molecule has 0 aliphatic heterocycles. The summed E-state index contributed by atoms with van der Waals surface area (Å²) >= 11 is 0. The predicted molar refractivity (Wildman–Crippen MR) is 35.8 cm³/mol. The molecule has 1 rings (SSSR count). The molecule has 0 atom stereocenters. The van der Waals surface area contributed by atoms with E-state index in [-0.39, 0.29) is 0 Å². The van der Waals surface area contributed by atoms with E-state index in [0.29, 0.717) is 12.3 Å².